The van der Waals surface area contributed by atoms with Crippen LogP contribution in [0.2, 0.25) is 0 Å². The molecule has 0 fully saturated rings. The van der Waals surface area contributed by atoms with Gasteiger partial charge in [-0.2, -0.15) is 11.8 Å². The first-order chi connectivity index (χ1) is 9.51. The minimum absolute atomic E-state index is 0.0226. The van der Waals surface area contributed by atoms with Gasteiger partial charge in [0, 0.05) is 24.2 Å². The summed E-state index contributed by atoms with van der Waals surface area (Å²) in [5.74, 6) is 1.08. The van der Waals surface area contributed by atoms with Gasteiger partial charge in [-0.15, -0.1) is 0 Å². The molecule has 1 aromatic rings. The van der Waals surface area contributed by atoms with E-state index in [1.165, 1.54) is 6.07 Å². The predicted octanol–water partition coefficient (Wildman–Crippen LogP) is 3.70. The monoisotopic (exact) mass is 302 g/mol. The highest BCUT2D eigenvalue weighted by Gasteiger charge is 2.21. The van der Waals surface area contributed by atoms with E-state index in [2.05, 4.69) is 18.1 Å². The zero-order chi connectivity index (χ0) is 15.1. The summed E-state index contributed by atoms with van der Waals surface area (Å²) in [7, 11) is 2.01. The van der Waals surface area contributed by atoms with E-state index >= 15 is 0 Å². The van der Waals surface area contributed by atoms with Crippen LogP contribution in [0.15, 0.2) is 24.3 Å². The molecule has 1 rings (SSSR count). The second-order valence-electron chi connectivity index (χ2n) is 5.02. The smallest absolute Gasteiger partial charge is 0.263 e. The highest BCUT2D eigenvalue weighted by Crippen LogP contribution is 2.26. The summed E-state index contributed by atoms with van der Waals surface area (Å²) in [5.41, 5.74) is 6.79. The summed E-state index contributed by atoms with van der Waals surface area (Å²) in [6, 6.07) is 6.93. The Morgan fingerprint density at radius 2 is 1.95 bits per heavy atom. The number of halogens is 2. The number of nitrogens with zero attached hydrogens (tertiary/aromatic N) is 1. The molecular weight excluding hydrogens is 278 g/mol. The van der Waals surface area contributed by atoms with Gasteiger partial charge in [0.2, 0.25) is 0 Å². The Bertz CT molecular complexity index is 401. The maximum absolute atomic E-state index is 12.8. The highest BCUT2D eigenvalue weighted by molar-refractivity contribution is 7.98. The highest BCUT2D eigenvalue weighted by atomic mass is 32.2. The quantitative estimate of drug-likeness (QED) is 0.794. The molecule has 2 unspecified atom stereocenters. The molecule has 0 bridgehead atoms. The first-order valence-electron chi connectivity index (χ1n) is 6.80. The summed E-state index contributed by atoms with van der Waals surface area (Å²) in [6.45, 7) is 2.57. The Labute approximate surface area is 124 Å². The van der Waals surface area contributed by atoms with Crippen molar-refractivity contribution in [3.05, 3.63) is 35.4 Å². The lowest BCUT2D eigenvalue weighted by atomic mass is 10.0. The van der Waals surface area contributed by atoms with Crippen molar-refractivity contribution in [3.63, 3.8) is 0 Å². The maximum Gasteiger partial charge on any atom is 0.263 e. The molecule has 0 radical (unpaired) electrons. The molecule has 0 saturated carbocycles. The zero-order valence-corrected chi connectivity index (χ0v) is 13.2. The van der Waals surface area contributed by atoms with Crippen LogP contribution in [0.1, 0.15) is 36.9 Å². The van der Waals surface area contributed by atoms with Crippen molar-refractivity contribution >= 4 is 11.8 Å². The molecule has 20 heavy (non-hydrogen) atoms. The largest absolute Gasteiger partial charge is 0.329 e. The average molecular weight is 302 g/mol. The Morgan fingerprint density at radius 3 is 2.50 bits per heavy atom. The number of nitrogens with two attached hydrogens (primary N) is 1. The van der Waals surface area contributed by atoms with Gasteiger partial charge in [0.1, 0.15) is 0 Å². The van der Waals surface area contributed by atoms with E-state index in [1.807, 2.05) is 24.9 Å². The molecule has 0 heterocycles. The molecule has 5 heteroatoms. The predicted molar refractivity (Wildman–Crippen MR) is 83.4 cm³/mol. The summed E-state index contributed by atoms with van der Waals surface area (Å²) >= 11 is 1.81. The topological polar surface area (TPSA) is 29.3 Å². The molecule has 0 aliphatic rings. The van der Waals surface area contributed by atoms with Crippen LogP contribution in [0.25, 0.3) is 0 Å². The maximum atomic E-state index is 12.8. The van der Waals surface area contributed by atoms with Gasteiger partial charge < -0.3 is 5.73 Å². The van der Waals surface area contributed by atoms with E-state index in [0.717, 1.165) is 17.7 Å². The van der Waals surface area contributed by atoms with Crippen LogP contribution in [-0.2, 0) is 0 Å². The van der Waals surface area contributed by atoms with Crippen LogP contribution in [0.5, 0.6) is 0 Å². The molecule has 2 N–H and O–H groups in total. The van der Waals surface area contributed by atoms with Crippen molar-refractivity contribution in [3.8, 4) is 0 Å². The van der Waals surface area contributed by atoms with Gasteiger partial charge >= 0.3 is 0 Å². The zero-order valence-electron chi connectivity index (χ0n) is 12.4. The fraction of sp³-hybridized carbons (Fsp3) is 0.600. The van der Waals surface area contributed by atoms with Crippen LogP contribution in [0.3, 0.4) is 0 Å². The number of hydrogen-bond acceptors (Lipinski definition) is 3. The third-order valence-corrected chi connectivity index (χ3v) is 4.34. The van der Waals surface area contributed by atoms with Crippen molar-refractivity contribution < 1.29 is 8.78 Å². The molecule has 0 spiro atoms. The molecule has 0 aromatic heterocycles. The van der Waals surface area contributed by atoms with Crippen molar-refractivity contribution in [2.24, 2.45) is 5.73 Å². The third-order valence-electron chi connectivity index (χ3n) is 3.70. The van der Waals surface area contributed by atoms with Gasteiger partial charge in [0.05, 0.1) is 0 Å². The van der Waals surface area contributed by atoms with Gasteiger partial charge in [-0.1, -0.05) is 18.2 Å². The van der Waals surface area contributed by atoms with E-state index in [9.17, 15) is 8.78 Å². The molecule has 2 atom stereocenters. The van der Waals surface area contributed by atoms with Crippen molar-refractivity contribution in [2.45, 2.75) is 31.9 Å². The number of alkyl halides is 2. The summed E-state index contributed by atoms with van der Waals surface area (Å²) in [5, 5.41) is 0. The van der Waals surface area contributed by atoms with E-state index < -0.39 is 6.43 Å². The van der Waals surface area contributed by atoms with Gasteiger partial charge in [0.15, 0.2) is 0 Å². The first-order valence-corrected chi connectivity index (χ1v) is 8.19. The average Bonchev–Trinajstić information content (AvgIpc) is 2.45. The summed E-state index contributed by atoms with van der Waals surface area (Å²) in [4.78, 5) is 2.18. The fourth-order valence-electron chi connectivity index (χ4n) is 2.24. The minimum Gasteiger partial charge on any atom is -0.329 e. The van der Waals surface area contributed by atoms with Crippen LogP contribution in [0.4, 0.5) is 8.78 Å². The van der Waals surface area contributed by atoms with Gasteiger partial charge in [-0.25, -0.2) is 8.78 Å². The molecule has 2 nitrogen and oxygen atoms in total. The molecule has 1 aromatic carbocycles. The van der Waals surface area contributed by atoms with Crippen molar-refractivity contribution in [1.82, 2.24) is 4.90 Å². The summed E-state index contributed by atoms with van der Waals surface area (Å²) < 4.78 is 25.6. The number of likely N-dealkylation sites (N-methyl/N-ethyl adjacent to an activating group) is 1. The van der Waals surface area contributed by atoms with E-state index in [1.54, 1.807) is 12.1 Å². The second-order valence-corrected chi connectivity index (χ2v) is 6.00. The minimum atomic E-state index is -2.44. The number of hydrogen-bond donors (Lipinski definition) is 1. The third kappa shape index (κ3) is 4.72. The number of benzene rings is 1. The lowest BCUT2D eigenvalue weighted by molar-refractivity contribution is 0.150. The Balaban J connectivity index is 2.86. The normalized spacial score (nSPS) is 14.8. The fourth-order valence-corrected chi connectivity index (χ4v) is 2.82. The summed E-state index contributed by atoms with van der Waals surface area (Å²) in [6.07, 6.45) is 0.703. The number of rotatable bonds is 8. The standard InChI is InChI=1S/C15H24F2N2S/c1-11(7-8-20-3)19(2)14(10-18)12-5-4-6-13(9-12)15(16)17/h4-6,9,11,14-15H,7-8,10,18H2,1-3H3. The molecular formula is C15H24F2N2S. The number of thioether (sulfide) groups is 1. The van der Waals surface area contributed by atoms with Crippen LogP contribution in [-0.4, -0.2) is 36.5 Å². The van der Waals surface area contributed by atoms with E-state index in [-0.39, 0.29) is 11.6 Å². The van der Waals surface area contributed by atoms with E-state index in [4.69, 9.17) is 5.73 Å². The van der Waals surface area contributed by atoms with Gasteiger partial charge in [-0.05, 0) is 44.0 Å². The molecule has 114 valence electrons. The van der Waals surface area contributed by atoms with Gasteiger partial charge in [-0.3, -0.25) is 4.90 Å². The molecule has 0 aliphatic carbocycles. The van der Waals surface area contributed by atoms with Gasteiger partial charge in [0.25, 0.3) is 6.43 Å². The Kier molecular flexibility index (Phi) is 7.48. The van der Waals surface area contributed by atoms with Crippen molar-refractivity contribution in [1.29, 1.82) is 0 Å². The molecule has 0 saturated heterocycles. The van der Waals surface area contributed by atoms with E-state index in [0.29, 0.717) is 12.6 Å². The van der Waals surface area contributed by atoms with Crippen LogP contribution in [0, 0.1) is 0 Å². The van der Waals surface area contributed by atoms with Crippen molar-refractivity contribution in [2.75, 3.05) is 25.6 Å². The lowest BCUT2D eigenvalue weighted by Gasteiger charge is -2.33. The SMILES string of the molecule is CSCCC(C)N(C)C(CN)c1cccc(C(F)F)c1. The second kappa shape index (κ2) is 8.60. The van der Waals surface area contributed by atoms with Crippen LogP contribution < -0.4 is 5.73 Å². The Hall–Kier alpha value is -0.650. The van der Waals surface area contributed by atoms with Crippen LogP contribution >= 0.6 is 11.8 Å². The lowest BCUT2D eigenvalue weighted by Crippen LogP contribution is -2.37. The molecule has 0 amide bonds. The Morgan fingerprint density at radius 1 is 1.30 bits per heavy atom. The molecule has 0 aliphatic heterocycles. The first kappa shape index (κ1) is 17.4.